The van der Waals surface area contributed by atoms with Crippen LogP contribution in [0.3, 0.4) is 0 Å². The maximum Gasteiger partial charge on any atom is 0.408 e. The number of ether oxygens (including phenoxy) is 2. The SMILES string of the molecule is C=CC(NC(=O)OC(C)(C)C)C(F)CCC(NC(=O)OC(C)(C)C)C(=O)O. The number of carbonyl (C=O) groups is 3. The lowest BCUT2D eigenvalue weighted by Crippen LogP contribution is -2.45. The standard InChI is InChI=1S/C18H31FN2O6/c1-8-12(20-15(24)26-17(2,3)4)11(19)9-10-13(14(22)23)21-16(25)27-18(5,6)7/h8,11-13H,1,9-10H2,2-7H3,(H,20,24)(H,21,25)(H,22,23). The van der Waals surface area contributed by atoms with Gasteiger partial charge in [0.15, 0.2) is 0 Å². The number of nitrogens with one attached hydrogen (secondary N) is 2. The highest BCUT2D eigenvalue weighted by Gasteiger charge is 2.28. The molecule has 0 aromatic rings. The summed E-state index contributed by atoms with van der Waals surface area (Å²) in [5.74, 6) is -1.32. The van der Waals surface area contributed by atoms with Gasteiger partial charge in [0, 0.05) is 0 Å². The van der Waals surface area contributed by atoms with Gasteiger partial charge < -0.3 is 25.2 Å². The number of aliphatic carboxylic acids is 1. The molecule has 0 radical (unpaired) electrons. The van der Waals surface area contributed by atoms with Crippen LogP contribution in [0.5, 0.6) is 0 Å². The predicted octanol–water partition coefficient (Wildman–Crippen LogP) is 3.16. The summed E-state index contributed by atoms with van der Waals surface area (Å²) in [6.07, 6.45) is -2.56. The summed E-state index contributed by atoms with van der Waals surface area (Å²) in [5, 5.41) is 13.7. The molecule has 0 aliphatic heterocycles. The highest BCUT2D eigenvalue weighted by atomic mass is 19.1. The third kappa shape index (κ3) is 11.8. The number of alkyl halides is 1. The zero-order valence-corrected chi connectivity index (χ0v) is 16.8. The van der Waals surface area contributed by atoms with E-state index in [4.69, 9.17) is 9.47 Å². The molecule has 2 amide bonds. The second-order valence-electron chi connectivity index (χ2n) is 8.04. The molecule has 0 bridgehead atoms. The molecular formula is C18H31FN2O6. The van der Waals surface area contributed by atoms with Crippen LogP contribution in [0.2, 0.25) is 0 Å². The van der Waals surface area contributed by atoms with E-state index in [0.29, 0.717) is 0 Å². The van der Waals surface area contributed by atoms with Gasteiger partial charge in [0.1, 0.15) is 23.4 Å². The summed E-state index contributed by atoms with van der Waals surface area (Å²) in [5.41, 5.74) is -1.53. The van der Waals surface area contributed by atoms with E-state index in [1.165, 1.54) is 6.08 Å². The summed E-state index contributed by atoms with van der Waals surface area (Å²) in [6, 6.07) is -2.39. The Labute approximate surface area is 159 Å². The molecule has 3 atom stereocenters. The lowest BCUT2D eigenvalue weighted by atomic mass is 10.0. The third-order valence-corrected chi connectivity index (χ3v) is 3.05. The number of carbonyl (C=O) groups excluding carboxylic acids is 2. The van der Waals surface area contributed by atoms with E-state index in [0.717, 1.165) is 0 Å². The molecule has 0 spiro atoms. The number of rotatable bonds is 8. The van der Waals surface area contributed by atoms with E-state index in [-0.39, 0.29) is 12.8 Å². The van der Waals surface area contributed by atoms with Gasteiger partial charge in [-0.2, -0.15) is 0 Å². The molecular weight excluding hydrogens is 359 g/mol. The first-order valence-corrected chi connectivity index (χ1v) is 8.63. The lowest BCUT2D eigenvalue weighted by molar-refractivity contribution is -0.139. The fourth-order valence-electron chi connectivity index (χ4n) is 1.95. The first-order chi connectivity index (χ1) is 12.1. The van der Waals surface area contributed by atoms with E-state index in [1.54, 1.807) is 41.5 Å². The molecule has 0 aromatic carbocycles. The Hall–Kier alpha value is -2.32. The van der Waals surface area contributed by atoms with Crippen LogP contribution in [-0.2, 0) is 14.3 Å². The van der Waals surface area contributed by atoms with Crippen molar-refractivity contribution in [3.63, 3.8) is 0 Å². The van der Waals surface area contributed by atoms with Gasteiger partial charge in [-0.25, -0.2) is 18.8 Å². The topological polar surface area (TPSA) is 114 Å². The van der Waals surface area contributed by atoms with Crippen molar-refractivity contribution in [2.45, 2.75) is 83.8 Å². The Morgan fingerprint density at radius 1 is 1.00 bits per heavy atom. The van der Waals surface area contributed by atoms with Crippen molar-refractivity contribution in [3.05, 3.63) is 12.7 Å². The minimum Gasteiger partial charge on any atom is -0.480 e. The summed E-state index contributed by atoms with van der Waals surface area (Å²) in [4.78, 5) is 34.7. The smallest absolute Gasteiger partial charge is 0.408 e. The molecule has 27 heavy (non-hydrogen) atoms. The van der Waals surface area contributed by atoms with Gasteiger partial charge in [-0.05, 0) is 54.4 Å². The van der Waals surface area contributed by atoms with E-state index in [2.05, 4.69) is 17.2 Å². The Balaban J connectivity index is 4.71. The molecule has 3 N–H and O–H groups in total. The molecule has 0 aliphatic carbocycles. The molecule has 8 nitrogen and oxygen atoms in total. The minimum atomic E-state index is -1.61. The van der Waals surface area contributed by atoms with E-state index in [9.17, 15) is 23.9 Å². The Morgan fingerprint density at radius 2 is 1.44 bits per heavy atom. The van der Waals surface area contributed by atoms with Crippen LogP contribution in [0.1, 0.15) is 54.4 Å². The fourth-order valence-corrected chi connectivity index (χ4v) is 1.95. The quantitative estimate of drug-likeness (QED) is 0.549. The van der Waals surface area contributed by atoms with Crippen LogP contribution < -0.4 is 10.6 Å². The molecule has 0 aliphatic rings. The van der Waals surface area contributed by atoms with Gasteiger partial charge in [-0.3, -0.25) is 0 Å². The molecule has 0 saturated heterocycles. The second-order valence-corrected chi connectivity index (χ2v) is 8.04. The van der Waals surface area contributed by atoms with Crippen LogP contribution in [-0.4, -0.2) is 52.7 Å². The molecule has 3 unspecified atom stereocenters. The number of carboxylic acid groups (broad SMARTS) is 1. The average Bonchev–Trinajstić information content (AvgIpc) is 2.44. The van der Waals surface area contributed by atoms with Crippen LogP contribution in [0.4, 0.5) is 14.0 Å². The Morgan fingerprint density at radius 3 is 1.81 bits per heavy atom. The van der Waals surface area contributed by atoms with Crippen LogP contribution in [0.15, 0.2) is 12.7 Å². The van der Waals surface area contributed by atoms with Crippen LogP contribution in [0, 0.1) is 0 Å². The van der Waals surface area contributed by atoms with Gasteiger partial charge in [-0.1, -0.05) is 6.08 Å². The molecule has 0 fully saturated rings. The monoisotopic (exact) mass is 390 g/mol. The predicted molar refractivity (Wildman–Crippen MR) is 98.3 cm³/mol. The molecule has 0 saturated carbocycles. The van der Waals surface area contributed by atoms with Crippen LogP contribution >= 0.6 is 0 Å². The maximum atomic E-state index is 14.4. The summed E-state index contributed by atoms with van der Waals surface area (Å²) < 4.78 is 24.5. The van der Waals surface area contributed by atoms with E-state index >= 15 is 0 Å². The van der Waals surface area contributed by atoms with Gasteiger partial charge in [0.25, 0.3) is 0 Å². The fraction of sp³-hybridized carbons (Fsp3) is 0.722. The highest BCUT2D eigenvalue weighted by molar-refractivity contribution is 5.80. The molecule has 9 heteroatoms. The molecule has 0 heterocycles. The van der Waals surface area contributed by atoms with Crippen molar-refractivity contribution < 1.29 is 33.4 Å². The van der Waals surface area contributed by atoms with Gasteiger partial charge in [-0.15, -0.1) is 6.58 Å². The summed E-state index contributed by atoms with van der Waals surface area (Å²) in [7, 11) is 0. The lowest BCUT2D eigenvalue weighted by Gasteiger charge is -2.25. The maximum absolute atomic E-state index is 14.4. The summed E-state index contributed by atoms with van der Waals surface area (Å²) >= 11 is 0. The zero-order chi connectivity index (χ0) is 21.4. The van der Waals surface area contributed by atoms with E-state index < -0.39 is 47.6 Å². The molecule has 0 aromatic heterocycles. The number of halogens is 1. The largest absolute Gasteiger partial charge is 0.480 e. The number of alkyl carbamates (subject to hydrolysis) is 2. The van der Waals surface area contributed by atoms with Gasteiger partial charge in [0.2, 0.25) is 0 Å². The Kier molecular flexibility index (Phi) is 9.26. The third-order valence-electron chi connectivity index (χ3n) is 3.05. The van der Waals surface area contributed by atoms with Crippen molar-refractivity contribution in [3.8, 4) is 0 Å². The Bertz CT molecular complexity index is 539. The molecule has 156 valence electrons. The number of carboxylic acids is 1. The minimum absolute atomic E-state index is 0.198. The van der Waals surface area contributed by atoms with Gasteiger partial charge in [0.05, 0.1) is 6.04 Å². The number of hydrogen-bond donors (Lipinski definition) is 3. The van der Waals surface area contributed by atoms with Gasteiger partial charge >= 0.3 is 18.2 Å². The second kappa shape index (κ2) is 10.1. The zero-order valence-electron chi connectivity index (χ0n) is 16.8. The van der Waals surface area contributed by atoms with Crippen molar-refractivity contribution in [2.24, 2.45) is 0 Å². The van der Waals surface area contributed by atoms with Crippen molar-refractivity contribution in [2.75, 3.05) is 0 Å². The van der Waals surface area contributed by atoms with Crippen LogP contribution in [0.25, 0.3) is 0 Å². The number of amides is 2. The van der Waals surface area contributed by atoms with Crippen molar-refractivity contribution in [1.29, 1.82) is 0 Å². The highest BCUT2D eigenvalue weighted by Crippen LogP contribution is 2.14. The first-order valence-electron chi connectivity index (χ1n) is 8.63. The summed E-state index contributed by atoms with van der Waals surface area (Å²) in [6.45, 7) is 13.4. The normalized spacial score (nSPS) is 15.1. The first kappa shape index (κ1) is 24.7. The van der Waals surface area contributed by atoms with Crippen molar-refractivity contribution >= 4 is 18.2 Å². The van der Waals surface area contributed by atoms with Crippen molar-refractivity contribution in [1.82, 2.24) is 10.6 Å². The molecule has 0 rings (SSSR count). The number of hydrogen-bond acceptors (Lipinski definition) is 5. The average molecular weight is 390 g/mol. The van der Waals surface area contributed by atoms with E-state index in [1.807, 2.05) is 0 Å².